The molecule has 0 saturated carbocycles. The molecule has 0 aliphatic heterocycles. The molecule has 0 fully saturated rings. The maximum atomic E-state index is 12.1. The number of aromatic nitrogens is 2. The maximum absolute atomic E-state index is 12.1. The maximum Gasteiger partial charge on any atom is 0.240 e. The molecule has 102 valence electrons. The Hall–Kier alpha value is -1.37. The number of nitrogens with one attached hydrogen (secondary N) is 1. The lowest BCUT2D eigenvalue weighted by molar-refractivity contribution is 0.572. The highest BCUT2D eigenvalue weighted by molar-refractivity contribution is 7.89. The van der Waals surface area contributed by atoms with Gasteiger partial charge < -0.3 is 4.57 Å². The van der Waals surface area contributed by atoms with Crippen molar-refractivity contribution in [2.75, 3.05) is 6.54 Å². The molecule has 0 amide bonds. The standard InChI is InChI=1S/C12H14ClN3O2S/c1-10-11(13)3-2-4-12(10)19(17,18)15-6-8-16-7-5-14-9-16/h2-5,7,9,15H,6,8H2,1H3. The summed E-state index contributed by atoms with van der Waals surface area (Å²) in [6.45, 7) is 2.51. The van der Waals surface area contributed by atoms with Gasteiger partial charge in [0.2, 0.25) is 10.0 Å². The highest BCUT2D eigenvalue weighted by Gasteiger charge is 2.17. The number of sulfonamides is 1. The number of halogens is 1. The predicted molar refractivity (Wildman–Crippen MR) is 73.6 cm³/mol. The van der Waals surface area contributed by atoms with Crippen LogP contribution in [0.25, 0.3) is 0 Å². The molecule has 0 aliphatic carbocycles. The summed E-state index contributed by atoms with van der Waals surface area (Å²) in [6, 6.07) is 4.84. The third-order valence-electron chi connectivity index (χ3n) is 2.73. The van der Waals surface area contributed by atoms with E-state index in [1.165, 1.54) is 0 Å². The van der Waals surface area contributed by atoms with Gasteiger partial charge in [-0.15, -0.1) is 0 Å². The molecule has 0 unspecified atom stereocenters. The van der Waals surface area contributed by atoms with Crippen molar-refractivity contribution in [3.05, 3.63) is 47.5 Å². The van der Waals surface area contributed by atoms with E-state index in [9.17, 15) is 8.42 Å². The molecule has 2 rings (SSSR count). The Bertz CT molecular complexity index is 654. The fourth-order valence-corrected chi connectivity index (χ4v) is 3.20. The van der Waals surface area contributed by atoms with Crippen molar-refractivity contribution in [1.29, 1.82) is 0 Å². The molecule has 0 radical (unpaired) electrons. The Balaban J connectivity index is 2.08. The molecule has 1 N–H and O–H groups in total. The molecule has 0 aliphatic rings. The lowest BCUT2D eigenvalue weighted by Gasteiger charge is -2.10. The first-order chi connectivity index (χ1) is 9.00. The largest absolute Gasteiger partial charge is 0.336 e. The quantitative estimate of drug-likeness (QED) is 0.916. The van der Waals surface area contributed by atoms with Gasteiger partial charge in [-0.2, -0.15) is 0 Å². The first-order valence-electron chi connectivity index (χ1n) is 5.71. The summed E-state index contributed by atoms with van der Waals surface area (Å²) in [5.41, 5.74) is 0.555. The number of hydrogen-bond donors (Lipinski definition) is 1. The first kappa shape index (κ1) is 14.0. The van der Waals surface area contributed by atoms with Gasteiger partial charge in [-0.05, 0) is 24.6 Å². The van der Waals surface area contributed by atoms with Crippen LogP contribution < -0.4 is 4.72 Å². The molecule has 5 nitrogen and oxygen atoms in total. The summed E-state index contributed by atoms with van der Waals surface area (Å²) >= 11 is 5.93. The SMILES string of the molecule is Cc1c(Cl)cccc1S(=O)(=O)NCCn1ccnc1. The highest BCUT2D eigenvalue weighted by Crippen LogP contribution is 2.22. The monoisotopic (exact) mass is 299 g/mol. The van der Waals surface area contributed by atoms with Crippen LogP contribution in [-0.4, -0.2) is 24.5 Å². The van der Waals surface area contributed by atoms with Crippen LogP contribution in [0.5, 0.6) is 0 Å². The second-order valence-corrected chi connectivity index (χ2v) is 6.20. The Kier molecular flexibility index (Phi) is 4.24. The summed E-state index contributed by atoms with van der Waals surface area (Å²) in [6.07, 6.45) is 5.06. The Morgan fingerprint density at radius 3 is 2.89 bits per heavy atom. The van der Waals surface area contributed by atoms with Gasteiger partial charge in [0.05, 0.1) is 11.2 Å². The van der Waals surface area contributed by atoms with E-state index in [2.05, 4.69) is 9.71 Å². The summed E-state index contributed by atoms with van der Waals surface area (Å²) in [5.74, 6) is 0. The van der Waals surface area contributed by atoms with Crippen LogP contribution in [0.1, 0.15) is 5.56 Å². The zero-order valence-corrected chi connectivity index (χ0v) is 11.9. The fourth-order valence-electron chi connectivity index (χ4n) is 1.68. The summed E-state index contributed by atoms with van der Waals surface area (Å²) in [7, 11) is -3.53. The van der Waals surface area contributed by atoms with Crippen molar-refractivity contribution in [1.82, 2.24) is 14.3 Å². The fraction of sp³-hybridized carbons (Fsp3) is 0.250. The van der Waals surface area contributed by atoms with Gasteiger partial charge in [0, 0.05) is 30.5 Å². The van der Waals surface area contributed by atoms with E-state index in [-0.39, 0.29) is 4.90 Å². The van der Waals surface area contributed by atoms with Crippen molar-refractivity contribution < 1.29 is 8.42 Å². The minimum absolute atomic E-state index is 0.214. The Morgan fingerprint density at radius 1 is 1.42 bits per heavy atom. The Labute approximate surface area is 117 Å². The van der Waals surface area contributed by atoms with Gasteiger partial charge in [0.1, 0.15) is 0 Å². The molecule has 0 atom stereocenters. The zero-order valence-electron chi connectivity index (χ0n) is 10.4. The van der Waals surface area contributed by atoms with Gasteiger partial charge in [-0.1, -0.05) is 17.7 Å². The van der Waals surface area contributed by atoms with Gasteiger partial charge in [-0.25, -0.2) is 18.1 Å². The first-order valence-corrected chi connectivity index (χ1v) is 7.57. The number of benzene rings is 1. The average molecular weight is 300 g/mol. The molecule has 19 heavy (non-hydrogen) atoms. The van der Waals surface area contributed by atoms with Crippen LogP contribution in [0, 0.1) is 6.92 Å². The summed E-state index contributed by atoms with van der Waals surface area (Å²) in [4.78, 5) is 4.10. The van der Waals surface area contributed by atoms with Crippen LogP contribution in [0.2, 0.25) is 5.02 Å². The van der Waals surface area contributed by atoms with E-state index in [1.807, 2.05) is 0 Å². The van der Waals surface area contributed by atoms with Gasteiger partial charge in [0.25, 0.3) is 0 Å². The average Bonchev–Trinajstić information content (AvgIpc) is 2.85. The molecule has 0 spiro atoms. The van der Waals surface area contributed by atoms with Crippen molar-refractivity contribution in [2.24, 2.45) is 0 Å². The normalized spacial score (nSPS) is 11.7. The van der Waals surface area contributed by atoms with Gasteiger partial charge >= 0.3 is 0 Å². The molecule has 1 heterocycles. The van der Waals surface area contributed by atoms with Gasteiger partial charge in [0.15, 0.2) is 0 Å². The van der Waals surface area contributed by atoms with E-state index >= 15 is 0 Å². The topological polar surface area (TPSA) is 64.0 Å². The van der Waals surface area contributed by atoms with Crippen molar-refractivity contribution in [2.45, 2.75) is 18.4 Å². The summed E-state index contributed by atoms with van der Waals surface area (Å²) in [5, 5.41) is 0.442. The van der Waals surface area contributed by atoms with Gasteiger partial charge in [-0.3, -0.25) is 0 Å². The van der Waals surface area contributed by atoms with Crippen molar-refractivity contribution in [3.8, 4) is 0 Å². The van der Waals surface area contributed by atoms with Crippen molar-refractivity contribution >= 4 is 21.6 Å². The molecular weight excluding hydrogens is 286 g/mol. The molecule has 0 saturated heterocycles. The smallest absolute Gasteiger partial charge is 0.240 e. The molecule has 2 aromatic rings. The van der Waals surface area contributed by atoms with Crippen LogP contribution in [-0.2, 0) is 16.6 Å². The molecule has 1 aromatic carbocycles. The minimum atomic E-state index is -3.53. The van der Waals surface area contributed by atoms with Crippen molar-refractivity contribution in [3.63, 3.8) is 0 Å². The van der Waals surface area contributed by atoms with E-state index in [1.54, 1.807) is 48.4 Å². The summed E-state index contributed by atoms with van der Waals surface area (Å²) < 4.78 is 28.6. The number of imidazole rings is 1. The third-order valence-corrected chi connectivity index (χ3v) is 4.74. The van der Waals surface area contributed by atoms with Crippen LogP contribution >= 0.6 is 11.6 Å². The van der Waals surface area contributed by atoms with Crippen LogP contribution in [0.15, 0.2) is 41.8 Å². The Morgan fingerprint density at radius 2 is 2.21 bits per heavy atom. The predicted octanol–water partition coefficient (Wildman–Crippen LogP) is 1.82. The number of hydrogen-bond acceptors (Lipinski definition) is 3. The number of rotatable bonds is 5. The highest BCUT2D eigenvalue weighted by atomic mass is 35.5. The molecule has 0 bridgehead atoms. The van der Waals surface area contributed by atoms with E-state index < -0.39 is 10.0 Å². The second-order valence-electron chi connectivity index (χ2n) is 4.06. The van der Waals surface area contributed by atoms with Crippen LogP contribution in [0.4, 0.5) is 0 Å². The molecular formula is C12H14ClN3O2S. The lowest BCUT2D eigenvalue weighted by Crippen LogP contribution is -2.27. The van der Waals surface area contributed by atoms with E-state index in [0.29, 0.717) is 23.7 Å². The molecule has 7 heteroatoms. The minimum Gasteiger partial charge on any atom is -0.336 e. The number of nitrogens with zero attached hydrogens (tertiary/aromatic N) is 2. The van der Waals surface area contributed by atoms with E-state index in [0.717, 1.165) is 0 Å². The van der Waals surface area contributed by atoms with Crippen LogP contribution in [0.3, 0.4) is 0 Å². The zero-order chi connectivity index (χ0) is 13.9. The lowest BCUT2D eigenvalue weighted by atomic mass is 10.2. The third kappa shape index (κ3) is 3.34. The molecule has 1 aromatic heterocycles. The van der Waals surface area contributed by atoms with E-state index in [4.69, 9.17) is 11.6 Å². The second kappa shape index (κ2) is 5.73.